The van der Waals surface area contributed by atoms with Crippen molar-refractivity contribution in [3.63, 3.8) is 0 Å². The highest BCUT2D eigenvalue weighted by Gasteiger charge is 2.20. The van der Waals surface area contributed by atoms with Gasteiger partial charge in [-0.1, -0.05) is 40.5 Å². The molecule has 0 radical (unpaired) electrons. The van der Waals surface area contributed by atoms with Gasteiger partial charge in [-0.05, 0) is 68.8 Å². The van der Waals surface area contributed by atoms with Crippen molar-refractivity contribution in [2.24, 2.45) is 4.99 Å². The molecule has 0 amide bonds. The van der Waals surface area contributed by atoms with E-state index < -0.39 is 9.84 Å². The number of rotatable bonds is 11. The van der Waals surface area contributed by atoms with E-state index in [4.69, 9.17) is 0 Å². The van der Waals surface area contributed by atoms with Crippen molar-refractivity contribution in [2.75, 3.05) is 32.9 Å². The van der Waals surface area contributed by atoms with Gasteiger partial charge in [0, 0.05) is 37.2 Å². The van der Waals surface area contributed by atoms with Gasteiger partial charge < -0.3 is 0 Å². The molecule has 2 aromatic rings. The van der Waals surface area contributed by atoms with Crippen LogP contribution in [0.5, 0.6) is 0 Å². The van der Waals surface area contributed by atoms with Gasteiger partial charge in [0.15, 0.2) is 0 Å². The normalized spacial score (nSPS) is 12.8. The molecule has 0 unspecified atom stereocenters. The molecule has 0 N–H and O–H groups in total. The summed E-state index contributed by atoms with van der Waals surface area (Å²) in [6, 6.07) is 7.79. The van der Waals surface area contributed by atoms with Crippen LogP contribution in [0, 0.1) is 5.82 Å². The predicted octanol–water partition coefficient (Wildman–Crippen LogP) is 5.84. The molecule has 0 fully saturated rings. The maximum absolute atomic E-state index is 13.5. The van der Waals surface area contributed by atoms with E-state index in [1.807, 2.05) is 6.92 Å². The van der Waals surface area contributed by atoms with Crippen molar-refractivity contribution in [1.82, 2.24) is 14.9 Å². The molecule has 1 heterocycles. The predicted molar refractivity (Wildman–Crippen MR) is 144 cm³/mol. The molecule has 0 aliphatic carbocycles. The molecule has 0 aliphatic heterocycles. The summed E-state index contributed by atoms with van der Waals surface area (Å²) in [4.78, 5) is 15.1. The number of aliphatic imine (C=N–C) groups is 1. The first-order valence-electron chi connectivity index (χ1n) is 12.3. The number of halogens is 1. The van der Waals surface area contributed by atoms with Crippen LogP contribution >= 0.6 is 0 Å². The van der Waals surface area contributed by atoms with Crippen LogP contribution in [0.2, 0.25) is 0 Å². The van der Waals surface area contributed by atoms with Crippen molar-refractivity contribution in [1.29, 1.82) is 0 Å². The summed E-state index contributed by atoms with van der Waals surface area (Å²) < 4.78 is 37.6. The average Bonchev–Trinajstić information content (AvgIpc) is 2.83. The quantitative estimate of drug-likeness (QED) is 0.284. The molecule has 0 atom stereocenters. The zero-order chi connectivity index (χ0) is 26.4. The van der Waals surface area contributed by atoms with Crippen molar-refractivity contribution >= 4 is 21.1 Å². The monoisotopic (exact) mass is 504 g/mol. The van der Waals surface area contributed by atoms with Gasteiger partial charge in [-0.25, -0.2) is 22.8 Å². The van der Waals surface area contributed by atoms with E-state index >= 15 is 0 Å². The zero-order valence-corrected chi connectivity index (χ0v) is 23.1. The molecule has 2 rings (SSSR count). The van der Waals surface area contributed by atoms with E-state index in [-0.39, 0.29) is 11.0 Å². The molecule has 0 bridgehead atoms. The molecular weight excluding hydrogens is 463 g/mol. The van der Waals surface area contributed by atoms with Gasteiger partial charge in [0.25, 0.3) is 0 Å². The Morgan fingerprint density at radius 1 is 0.971 bits per heavy atom. The lowest BCUT2D eigenvalue weighted by Gasteiger charge is -2.24. The fourth-order valence-electron chi connectivity index (χ4n) is 3.51. The minimum absolute atomic E-state index is 0.233. The zero-order valence-electron chi connectivity index (χ0n) is 22.3. The van der Waals surface area contributed by atoms with E-state index in [2.05, 4.69) is 47.6 Å². The van der Waals surface area contributed by atoms with Crippen molar-refractivity contribution in [2.45, 2.75) is 65.5 Å². The Morgan fingerprint density at radius 2 is 1.54 bits per heavy atom. The van der Waals surface area contributed by atoms with Crippen LogP contribution in [0.3, 0.4) is 0 Å². The maximum Gasteiger partial charge on any atom is 0.247 e. The minimum atomic E-state index is -3.57. The molecule has 35 heavy (non-hydrogen) atoms. The van der Waals surface area contributed by atoms with Gasteiger partial charge >= 0.3 is 0 Å². The van der Waals surface area contributed by atoms with Gasteiger partial charge in [-0.3, -0.25) is 9.89 Å². The van der Waals surface area contributed by atoms with Crippen LogP contribution in [0.25, 0.3) is 5.57 Å². The first-order valence-corrected chi connectivity index (χ1v) is 14.2. The number of nitrogens with zero attached hydrogens (tertiary/aromatic N) is 4. The van der Waals surface area contributed by atoms with Crippen molar-refractivity contribution in [3.05, 3.63) is 59.2 Å². The van der Waals surface area contributed by atoms with Crippen LogP contribution in [0.1, 0.15) is 71.6 Å². The Labute approximate surface area is 211 Å². The van der Waals surface area contributed by atoms with Gasteiger partial charge in [-0.2, -0.15) is 0 Å². The highest BCUT2D eigenvalue weighted by molar-refractivity contribution is 7.90. The first kappa shape index (κ1) is 30.6. The number of sulfone groups is 1. The second kappa shape index (κ2) is 15.5. The van der Waals surface area contributed by atoms with Gasteiger partial charge in [0.05, 0.1) is 11.4 Å². The van der Waals surface area contributed by atoms with E-state index in [1.54, 1.807) is 25.2 Å². The first-order chi connectivity index (χ1) is 16.6. The number of benzene rings is 1. The van der Waals surface area contributed by atoms with Gasteiger partial charge in [0.2, 0.25) is 15.0 Å². The topological polar surface area (TPSA) is 75.5 Å². The Morgan fingerprint density at radius 3 is 2.00 bits per heavy atom. The summed E-state index contributed by atoms with van der Waals surface area (Å²) in [6.45, 7) is 13.2. The van der Waals surface area contributed by atoms with E-state index in [0.717, 1.165) is 48.9 Å². The average molecular weight is 505 g/mol. The second-order valence-electron chi connectivity index (χ2n) is 8.51. The van der Waals surface area contributed by atoms with E-state index in [9.17, 15) is 12.8 Å². The largest absolute Gasteiger partial charge is 0.299 e. The molecule has 0 saturated carbocycles. The van der Waals surface area contributed by atoms with Crippen molar-refractivity contribution in [3.8, 4) is 0 Å². The molecule has 0 aliphatic rings. The second-order valence-corrected chi connectivity index (χ2v) is 10.4. The minimum Gasteiger partial charge on any atom is -0.299 e. The highest BCUT2D eigenvalue weighted by atomic mass is 32.2. The number of aromatic nitrogens is 2. The Hall–Kier alpha value is -2.45. The van der Waals surface area contributed by atoms with Gasteiger partial charge in [0.1, 0.15) is 5.82 Å². The van der Waals surface area contributed by atoms with Crippen LogP contribution in [-0.2, 0) is 9.84 Å². The summed E-state index contributed by atoms with van der Waals surface area (Å²) in [6.07, 6.45) is 7.23. The third kappa shape index (κ3) is 9.98. The molecule has 1 aromatic heterocycles. The lowest BCUT2D eigenvalue weighted by atomic mass is 9.94. The van der Waals surface area contributed by atoms with E-state index in [0.29, 0.717) is 18.0 Å². The van der Waals surface area contributed by atoms with Crippen LogP contribution in [0.4, 0.5) is 4.39 Å². The molecule has 0 spiro atoms. The Bertz CT molecular complexity index is 1070. The highest BCUT2D eigenvalue weighted by Crippen LogP contribution is 2.25. The number of allylic oxidation sites excluding steroid dienone is 1. The molecule has 194 valence electrons. The number of hydrogen-bond donors (Lipinski definition) is 0. The third-order valence-corrected chi connectivity index (χ3v) is 6.13. The maximum atomic E-state index is 13.5. The van der Waals surface area contributed by atoms with Crippen LogP contribution in [0.15, 0.2) is 52.3 Å². The molecular formula is C27H41FN4O2S. The number of unbranched alkanes of at least 4 members (excludes halogenated alkanes) is 1. The standard InChI is InChI=1S/C23H31FN4O2S.C4H10/c1-6-14-28(15-7-2)16-17(3)21(20-12-13-26-23(27-20)31(5,29)30)22(25-4)18-8-10-19(24)11-9-18;1-3-4-2/h8-13H,6-7,14-16H2,1-5H3;3-4H2,1-2H3/b21-17+,25-22?;. The third-order valence-electron chi connectivity index (χ3n) is 5.27. The molecule has 1 aromatic carbocycles. The molecule has 8 heteroatoms. The van der Waals surface area contributed by atoms with E-state index in [1.165, 1.54) is 31.2 Å². The lowest BCUT2D eigenvalue weighted by molar-refractivity contribution is 0.298. The van der Waals surface area contributed by atoms with Crippen LogP contribution < -0.4 is 0 Å². The summed E-state index contributed by atoms with van der Waals surface area (Å²) in [5.74, 6) is -0.333. The molecule has 0 saturated heterocycles. The summed E-state index contributed by atoms with van der Waals surface area (Å²) in [5, 5.41) is -0.233. The Kier molecular flexibility index (Phi) is 13.6. The number of hydrogen-bond acceptors (Lipinski definition) is 6. The van der Waals surface area contributed by atoms with Gasteiger partial charge in [-0.15, -0.1) is 0 Å². The fraction of sp³-hybridized carbons (Fsp3) is 0.519. The summed E-state index contributed by atoms with van der Waals surface area (Å²) in [7, 11) is -1.91. The van der Waals surface area contributed by atoms with Crippen LogP contribution in [-0.4, -0.2) is 61.9 Å². The smallest absolute Gasteiger partial charge is 0.247 e. The van der Waals surface area contributed by atoms with Crippen molar-refractivity contribution < 1.29 is 12.8 Å². The summed E-state index contributed by atoms with van der Waals surface area (Å²) >= 11 is 0. The Balaban J connectivity index is 0.00000142. The fourth-order valence-corrected chi connectivity index (χ4v) is 4.03. The lowest BCUT2D eigenvalue weighted by Crippen LogP contribution is -2.28. The molecule has 6 nitrogen and oxygen atoms in total. The summed E-state index contributed by atoms with van der Waals surface area (Å²) in [5.41, 5.74) is 3.58. The SMILES string of the molecule is CCCC.CCCN(CCC)C/C(C)=C(/C(=NC)c1ccc(F)cc1)c1ccnc(S(C)(=O)=O)n1.